The fourth-order valence-corrected chi connectivity index (χ4v) is 8.91. The first kappa shape index (κ1) is 15.5. The lowest BCUT2D eigenvalue weighted by Gasteiger charge is -2.37. The number of allylic oxidation sites excluding steroid dienone is 2. The van der Waals surface area contributed by atoms with E-state index >= 15 is 0 Å². The molecule has 0 radical (unpaired) electrons. The van der Waals surface area contributed by atoms with E-state index in [1.807, 2.05) is 0 Å². The van der Waals surface area contributed by atoms with E-state index in [1.165, 1.54) is 11.2 Å². The molecule has 1 aromatic carbocycles. The van der Waals surface area contributed by atoms with E-state index in [9.17, 15) is 0 Å². The Bertz CT molecular complexity index is 505. The van der Waals surface area contributed by atoms with Crippen molar-refractivity contribution in [3.8, 4) is 0 Å². The summed E-state index contributed by atoms with van der Waals surface area (Å²) in [4.78, 5) is 0. The van der Waals surface area contributed by atoms with Gasteiger partial charge >= 0.3 is 0 Å². The van der Waals surface area contributed by atoms with Crippen LogP contribution >= 0.6 is 0 Å². The van der Waals surface area contributed by atoms with Crippen LogP contribution in [-0.2, 0) is 4.43 Å². The molecule has 0 N–H and O–H groups in total. The lowest BCUT2D eigenvalue weighted by Crippen LogP contribution is -2.44. The van der Waals surface area contributed by atoms with Gasteiger partial charge in [-0.05, 0) is 39.0 Å². The minimum atomic E-state index is -1.59. The van der Waals surface area contributed by atoms with Gasteiger partial charge in [-0.15, -0.1) is 0 Å². The largest absolute Gasteiger partial charge is 0.409 e. The molecular formula is C17H26OSi2. The molecule has 20 heavy (non-hydrogen) atoms. The Kier molecular flexibility index (Phi) is 4.84. The predicted octanol–water partition coefficient (Wildman–Crippen LogP) is 3.32. The highest BCUT2D eigenvalue weighted by molar-refractivity contribution is 6.82. The Balaban J connectivity index is 1.94. The van der Waals surface area contributed by atoms with Crippen molar-refractivity contribution in [2.75, 3.05) is 0 Å². The second-order valence-electron chi connectivity index (χ2n) is 6.71. The van der Waals surface area contributed by atoms with E-state index in [0.29, 0.717) is 0 Å². The highest BCUT2D eigenvalue weighted by Gasteiger charge is 2.33. The number of hydrogen-bond donors (Lipinski definition) is 0. The topological polar surface area (TPSA) is 9.23 Å². The Morgan fingerprint density at radius 3 is 2.60 bits per heavy atom. The normalized spacial score (nSPS) is 23.3. The van der Waals surface area contributed by atoms with Crippen LogP contribution in [0, 0.1) is 0 Å². The molecular weight excluding hydrogens is 276 g/mol. The quantitative estimate of drug-likeness (QED) is 0.758. The number of rotatable bonds is 5. The van der Waals surface area contributed by atoms with Crippen molar-refractivity contribution in [2.45, 2.75) is 44.6 Å². The summed E-state index contributed by atoms with van der Waals surface area (Å²) in [6, 6.07) is 10.9. The van der Waals surface area contributed by atoms with Crippen molar-refractivity contribution in [1.29, 1.82) is 0 Å². The smallest absolute Gasteiger partial charge is 0.185 e. The van der Waals surface area contributed by atoms with Gasteiger partial charge in [-0.25, -0.2) is 0 Å². The zero-order chi connectivity index (χ0) is 14.6. The summed E-state index contributed by atoms with van der Waals surface area (Å²) in [5.74, 6) is 0. The van der Waals surface area contributed by atoms with Gasteiger partial charge in [0.1, 0.15) is 0 Å². The van der Waals surface area contributed by atoms with Crippen LogP contribution in [0.5, 0.6) is 0 Å². The van der Waals surface area contributed by atoms with E-state index < -0.39 is 8.32 Å². The summed E-state index contributed by atoms with van der Waals surface area (Å²) in [5.41, 5.74) is 2.64. The van der Waals surface area contributed by atoms with Gasteiger partial charge in [-0.2, -0.15) is 0 Å². The maximum Gasteiger partial charge on any atom is 0.185 e. The Labute approximate surface area is 126 Å². The maximum atomic E-state index is 6.60. The van der Waals surface area contributed by atoms with E-state index in [4.69, 9.17) is 4.43 Å². The van der Waals surface area contributed by atoms with Gasteiger partial charge < -0.3 is 4.43 Å². The molecule has 3 heteroatoms. The van der Waals surface area contributed by atoms with Gasteiger partial charge in [0.2, 0.25) is 0 Å². The Morgan fingerprint density at radius 1 is 1.25 bits per heavy atom. The molecule has 1 atom stereocenters. The van der Waals surface area contributed by atoms with Crippen LogP contribution in [-0.4, -0.2) is 23.4 Å². The molecule has 0 aliphatic heterocycles. The third-order valence-electron chi connectivity index (χ3n) is 3.83. The van der Waals surface area contributed by atoms with Crippen LogP contribution < -0.4 is 5.19 Å². The van der Waals surface area contributed by atoms with Crippen molar-refractivity contribution >= 4 is 23.0 Å². The third kappa shape index (κ3) is 4.58. The average molecular weight is 303 g/mol. The molecule has 1 aliphatic carbocycles. The van der Waals surface area contributed by atoms with Gasteiger partial charge in [0.25, 0.3) is 0 Å². The van der Waals surface area contributed by atoms with E-state index in [0.717, 1.165) is 6.42 Å². The van der Waals surface area contributed by atoms with Gasteiger partial charge in [0, 0.05) is 0 Å². The fraction of sp³-hybridized carbons (Fsp3) is 0.412. The number of benzene rings is 1. The van der Waals surface area contributed by atoms with Crippen molar-refractivity contribution in [2.24, 2.45) is 0 Å². The summed E-state index contributed by atoms with van der Waals surface area (Å²) in [6.45, 7) is 9.17. The first-order chi connectivity index (χ1) is 9.39. The summed E-state index contributed by atoms with van der Waals surface area (Å²) in [5, 5.41) is 1.55. The van der Waals surface area contributed by atoms with Crippen molar-refractivity contribution in [3.63, 3.8) is 0 Å². The van der Waals surface area contributed by atoms with Crippen LogP contribution in [0.25, 0.3) is 0 Å². The molecule has 0 saturated carbocycles. The standard InChI is InChI=1S/C17H26OSi2/c1-15-9-8-12-17(2,13-15)18-20(3,4)14-19-16-10-6-5-7-11-16/h5-12H,13-14,19H2,1-4H3. The van der Waals surface area contributed by atoms with Crippen LogP contribution in [0.4, 0.5) is 0 Å². The molecule has 0 heterocycles. The minimum absolute atomic E-state index is 0.0837. The first-order valence-corrected chi connectivity index (χ1v) is 12.3. The van der Waals surface area contributed by atoms with Crippen LogP contribution in [0.2, 0.25) is 18.8 Å². The lowest BCUT2D eigenvalue weighted by atomic mass is 9.93. The molecule has 1 aromatic rings. The third-order valence-corrected chi connectivity index (χ3v) is 11.7. The molecule has 0 amide bonds. The molecule has 1 unspecified atom stereocenters. The predicted molar refractivity (Wildman–Crippen MR) is 93.9 cm³/mol. The van der Waals surface area contributed by atoms with Gasteiger partial charge in [-0.1, -0.05) is 59.3 Å². The van der Waals surface area contributed by atoms with Crippen molar-refractivity contribution in [1.82, 2.24) is 0 Å². The van der Waals surface area contributed by atoms with E-state index in [2.05, 4.69) is 75.5 Å². The summed E-state index contributed by atoms with van der Waals surface area (Å²) in [6.07, 6.45) is 7.61. The second-order valence-corrected chi connectivity index (χ2v) is 13.7. The summed E-state index contributed by atoms with van der Waals surface area (Å²) >= 11 is 0. The molecule has 2 rings (SSSR count). The highest BCUT2D eigenvalue weighted by atomic mass is 28.4. The molecule has 0 aromatic heterocycles. The lowest BCUT2D eigenvalue weighted by molar-refractivity contribution is 0.130. The van der Waals surface area contributed by atoms with E-state index in [-0.39, 0.29) is 15.1 Å². The molecule has 1 nitrogen and oxygen atoms in total. The van der Waals surface area contributed by atoms with E-state index in [1.54, 1.807) is 5.19 Å². The molecule has 0 bridgehead atoms. The fourth-order valence-electron chi connectivity index (χ4n) is 2.93. The number of hydrogen-bond acceptors (Lipinski definition) is 1. The monoisotopic (exact) mass is 302 g/mol. The van der Waals surface area contributed by atoms with Crippen molar-refractivity contribution < 1.29 is 4.43 Å². The molecule has 0 saturated heterocycles. The van der Waals surface area contributed by atoms with Crippen molar-refractivity contribution in [3.05, 3.63) is 54.1 Å². The Hall–Kier alpha value is -0.906. The van der Waals surface area contributed by atoms with Crippen LogP contribution in [0.1, 0.15) is 20.3 Å². The summed E-state index contributed by atoms with van der Waals surface area (Å²) in [7, 11) is -1.80. The maximum absolute atomic E-state index is 6.60. The van der Waals surface area contributed by atoms with Crippen LogP contribution in [0.3, 0.4) is 0 Å². The first-order valence-electron chi connectivity index (χ1n) is 7.48. The second kappa shape index (κ2) is 6.25. The average Bonchev–Trinajstić information content (AvgIpc) is 2.36. The minimum Gasteiger partial charge on any atom is -0.409 e. The molecule has 108 valence electrons. The summed E-state index contributed by atoms with van der Waals surface area (Å²) < 4.78 is 6.60. The Morgan fingerprint density at radius 2 is 1.95 bits per heavy atom. The van der Waals surface area contributed by atoms with Gasteiger partial charge in [-0.3, -0.25) is 0 Å². The van der Waals surface area contributed by atoms with Gasteiger partial charge in [0.15, 0.2) is 8.32 Å². The molecule has 0 spiro atoms. The SMILES string of the molecule is CC1=CC=CC(C)(O[Si](C)(C)C[SiH2]c2ccccc2)C1. The van der Waals surface area contributed by atoms with Crippen LogP contribution in [0.15, 0.2) is 54.1 Å². The zero-order valence-electron chi connectivity index (χ0n) is 13.1. The molecule has 0 fully saturated rings. The van der Waals surface area contributed by atoms with Gasteiger partial charge in [0.05, 0.1) is 15.1 Å². The zero-order valence-corrected chi connectivity index (χ0v) is 15.6. The highest BCUT2D eigenvalue weighted by Crippen LogP contribution is 2.30. The molecule has 1 aliphatic rings.